The van der Waals surface area contributed by atoms with Gasteiger partial charge in [-0.3, -0.25) is 0 Å². The molecule has 2 aromatic heterocycles. The van der Waals surface area contributed by atoms with Crippen LogP contribution in [0.4, 0.5) is 0 Å². The van der Waals surface area contributed by atoms with E-state index in [1.54, 1.807) is 0 Å². The van der Waals surface area contributed by atoms with Gasteiger partial charge in [0.2, 0.25) is 0 Å². The second-order valence-corrected chi connectivity index (χ2v) is 15.7. The van der Waals surface area contributed by atoms with Crippen molar-refractivity contribution in [1.29, 1.82) is 0 Å². The molecule has 1 aliphatic carbocycles. The summed E-state index contributed by atoms with van der Waals surface area (Å²) in [5.41, 5.74) is 16.5. The topological polar surface area (TPSA) is 43.6 Å². The van der Waals surface area contributed by atoms with Crippen molar-refractivity contribution < 1.29 is 0 Å². The van der Waals surface area contributed by atoms with Gasteiger partial charge in [0.15, 0.2) is 17.5 Å². The summed E-state index contributed by atoms with van der Waals surface area (Å²) >= 11 is 0. The molecule has 0 spiro atoms. The zero-order valence-corrected chi connectivity index (χ0v) is 32.3. The zero-order valence-electron chi connectivity index (χ0n) is 32.3. The minimum atomic E-state index is -0.0578. The monoisotopic (exact) mass is 742 g/mol. The van der Waals surface area contributed by atoms with E-state index in [-0.39, 0.29) is 5.41 Å². The second kappa shape index (κ2) is 13.4. The molecule has 2 heterocycles. The average Bonchev–Trinajstić information content (AvgIpc) is 3.74. The Balaban J connectivity index is 1.01. The van der Waals surface area contributed by atoms with E-state index < -0.39 is 0 Å². The van der Waals surface area contributed by atoms with Crippen LogP contribution in [0.25, 0.3) is 95.0 Å². The van der Waals surface area contributed by atoms with Crippen molar-refractivity contribution in [1.82, 2.24) is 19.5 Å². The van der Waals surface area contributed by atoms with E-state index in [2.05, 4.69) is 152 Å². The summed E-state index contributed by atoms with van der Waals surface area (Å²) in [7, 11) is 0. The van der Waals surface area contributed by atoms with Gasteiger partial charge in [0.05, 0.1) is 11.0 Å². The number of benzene rings is 8. The molecule has 10 aromatic rings. The SMILES string of the molecule is CC1(C)c2ccccc2-c2ccc(-c3ccc4c(c3)c3cc(-c5ccc(-c6nc(-c7ccccc7)nc(-c7ccccc7)n6)cc5)ccc3n4-c3ccccc3)cc21. The van der Waals surface area contributed by atoms with E-state index in [9.17, 15) is 0 Å². The van der Waals surface area contributed by atoms with Crippen LogP contribution in [0.1, 0.15) is 25.0 Å². The second-order valence-electron chi connectivity index (χ2n) is 15.7. The lowest BCUT2D eigenvalue weighted by Gasteiger charge is -2.22. The van der Waals surface area contributed by atoms with Gasteiger partial charge >= 0.3 is 0 Å². The number of para-hydroxylation sites is 1. The highest BCUT2D eigenvalue weighted by Crippen LogP contribution is 2.49. The van der Waals surface area contributed by atoms with Crippen LogP contribution in [-0.2, 0) is 5.41 Å². The molecule has 0 fully saturated rings. The molecule has 8 aromatic carbocycles. The first-order valence-corrected chi connectivity index (χ1v) is 19.9. The van der Waals surface area contributed by atoms with Crippen LogP contribution in [0.3, 0.4) is 0 Å². The van der Waals surface area contributed by atoms with Crippen molar-refractivity contribution in [2.75, 3.05) is 0 Å². The fourth-order valence-electron chi connectivity index (χ4n) is 8.87. The Morgan fingerprint density at radius 2 is 0.759 bits per heavy atom. The van der Waals surface area contributed by atoms with Crippen LogP contribution >= 0.6 is 0 Å². The first-order chi connectivity index (χ1) is 28.5. The van der Waals surface area contributed by atoms with Gasteiger partial charge in [-0.2, -0.15) is 0 Å². The third-order valence-electron chi connectivity index (χ3n) is 11.9. The lowest BCUT2D eigenvalue weighted by molar-refractivity contribution is 0.660. The van der Waals surface area contributed by atoms with Gasteiger partial charge in [-0.25, -0.2) is 15.0 Å². The Morgan fingerprint density at radius 1 is 0.345 bits per heavy atom. The Labute approximate surface area is 337 Å². The Hall–Kier alpha value is -7.43. The summed E-state index contributed by atoms with van der Waals surface area (Å²) in [5, 5.41) is 2.44. The van der Waals surface area contributed by atoms with Crippen LogP contribution in [-0.4, -0.2) is 19.5 Å². The predicted molar refractivity (Wildman–Crippen MR) is 239 cm³/mol. The molecule has 4 nitrogen and oxygen atoms in total. The van der Waals surface area contributed by atoms with Crippen molar-refractivity contribution in [2.24, 2.45) is 0 Å². The van der Waals surface area contributed by atoms with Gasteiger partial charge in [0.25, 0.3) is 0 Å². The summed E-state index contributed by atoms with van der Waals surface area (Å²) < 4.78 is 2.39. The molecule has 58 heavy (non-hydrogen) atoms. The molecule has 0 unspecified atom stereocenters. The molecular weight excluding hydrogens is 705 g/mol. The smallest absolute Gasteiger partial charge is 0.164 e. The quantitative estimate of drug-likeness (QED) is 0.170. The van der Waals surface area contributed by atoms with E-state index in [1.807, 2.05) is 60.7 Å². The molecule has 274 valence electrons. The number of rotatable bonds is 6. The largest absolute Gasteiger partial charge is 0.309 e. The highest BCUT2D eigenvalue weighted by Gasteiger charge is 2.35. The molecule has 0 radical (unpaired) electrons. The Morgan fingerprint density at radius 3 is 1.34 bits per heavy atom. The minimum absolute atomic E-state index is 0.0578. The van der Waals surface area contributed by atoms with Gasteiger partial charge in [-0.05, 0) is 87.0 Å². The highest BCUT2D eigenvalue weighted by atomic mass is 15.0. The Bertz CT molecular complexity index is 3110. The van der Waals surface area contributed by atoms with Crippen molar-refractivity contribution >= 4 is 21.8 Å². The molecule has 0 bridgehead atoms. The molecule has 0 aliphatic heterocycles. The fraction of sp³-hybridized carbons (Fsp3) is 0.0556. The van der Waals surface area contributed by atoms with Crippen LogP contribution in [0.5, 0.6) is 0 Å². The molecular formula is C54H38N4. The summed E-state index contributed by atoms with van der Waals surface area (Å²) in [4.78, 5) is 14.8. The van der Waals surface area contributed by atoms with E-state index in [1.165, 1.54) is 55.2 Å². The highest BCUT2D eigenvalue weighted by molar-refractivity contribution is 6.11. The zero-order chi connectivity index (χ0) is 38.8. The fourth-order valence-corrected chi connectivity index (χ4v) is 8.87. The van der Waals surface area contributed by atoms with Crippen molar-refractivity contribution in [3.63, 3.8) is 0 Å². The van der Waals surface area contributed by atoms with E-state index in [0.717, 1.165) is 33.5 Å². The normalized spacial score (nSPS) is 12.8. The van der Waals surface area contributed by atoms with Gasteiger partial charge in [0, 0.05) is 38.6 Å². The molecule has 0 atom stereocenters. The third kappa shape index (κ3) is 5.56. The van der Waals surface area contributed by atoms with Crippen LogP contribution in [0, 0.1) is 0 Å². The van der Waals surface area contributed by atoms with E-state index in [4.69, 9.17) is 15.0 Å². The van der Waals surface area contributed by atoms with Crippen molar-refractivity contribution in [2.45, 2.75) is 19.3 Å². The number of nitrogens with zero attached hydrogens (tertiary/aromatic N) is 4. The van der Waals surface area contributed by atoms with Gasteiger partial charge in [-0.15, -0.1) is 0 Å². The standard InChI is InChI=1S/C54H38N4/c1-54(2)47-21-13-12-20-43(47)44-29-26-41(34-48(44)54)40-28-31-50-46(33-40)45-32-39(27-30-49(45)58(50)42-18-10-5-11-19-42)35-22-24-38(25-23-35)53-56-51(36-14-6-3-7-15-36)55-52(57-53)37-16-8-4-9-17-37/h3-34H,1-2H3. The lowest BCUT2D eigenvalue weighted by Crippen LogP contribution is -2.14. The molecule has 1 aliphatic rings. The van der Waals surface area contributed by atoms with Crippen molar-refractivity contribution in [3.8, 4) is 73.2 Å². The van der Waals surface area contributed by atoms with Gasteiger partial charge in [0.1, 0.15) is 0 Å². The van der Waals surface area contributed by atoms with E-state index in [0.29, 0.717) is 17.5 Å². The minimum Gasteiger partial charge on any atom is -0.309 e. The molecule has 0 saturated heterocycles. The third-order valence-corrected chi connectivity index (χ3v) is 11.9. The number of fused-ring (bicyclic) bond motifs is 6. The van der Waals surface area contributed by atoms with Crippen LogP contribution in [0.2, 0.25) is 0 Å². The molecule has 11 rings (SSSR count). The number of aromatic nitrogens is 4. The maximum absolute atomic E-state index is 4.95. The van der Waals surface area contributed by atoms with Crippen LogP contribution in [0.15, 0.2) is 194 Å². The first-order valence-electron chi connectivity index (χ1n) is 19.9. The first kappa shape index (κ1) is 33.9. The molecule has 4 heteroatoms. The number of hydrogen-bond acceptors (Lipinski definition) is 3. The molecule has 0 amide bonds. The maximum Gasteiger partial charge on any atom is 0.164 e. The van der Waals surface area contributed by atoms with Crippen molar-refractivity contribution in [3.05, 3.63) is 205 Å². The predicted octanol–water partition coefficient (Wildman–Crippen LogP) is 13.6. The lowest BCUT2D eigenvalue weighted by atomic mass is 9.81. The van der Waals surface area contributed by atoms with Gasteiger partial charge < -0.3 is 4.57 Å². The Kier molecular flexibility index (Phi) is 7.80. The summed E-state index contributed by atoms with van der Waals surface area (Å²) in [6.07, 6.45) is 0. The summed E-state index contributed by atoms with van der Waals surface area (Å²) in [5.74, 6) is 1.95. The van der Waals surface area contributed by atoms with Crippen LogP contribution < -0.4 is 0 Å². The van der Waals surface area contributed by atoms with E-state index >= 15 is 0 Å². The molecule has 0 N–H and O–H groups in total. The molecule has 0 saturated carbocycles. The summed E-state index contributed by atoms with van der Waals surface area (Å²) in [6.45, 7) is 4.69. The number of hydrogen-bond donors (Lipinski definition) is 0. The summed E-state index contributed by atoms with van der Waals surface area (Å²) in [6, 6.07) is 69.2. The van der Waals surface area contributed by atoms with Gasteiger partial charge in [-0.1, -0.05) is 166 Å². The maximum atomic E-state index is 4.95. The average molecular weight is 743 g/mol.